The molecular formula is C8H11NO2. The van der Waals surface area contributed by atoms with Gasteiger partial charge in [-0.25, -0.2) is 0 Å². The van der Waals surface area contributed by atoms with Gasteiger partial charge in [0.05, 0.1) is 6.10 Å². The Morgan fingerprint density at radius 3 is 2.55 bits per heavy atom. The topological polar surface area (TPSA) is 40.5 Å². The van der Waals surface area contributed by atoms with Gasteiger partial charge >= 0.3 is 0 Å². The maximum absolute atomic E-state index is 10.9. The Labute approximate surface area is 66.0 Å². The number of aliphatic hydroxyl groups is 1. The minimum absolute atomic E-state index is 0.253. The molecule has 1 aliphatic rings. The molecule has 1 fully saturated rings. The molecule has 3 nitrogen and oxygen atoms in total. The van der Waals surface area contributed by atoms with Gasteiger partial charge in [0, 0.05) is 13.1 Å². The Morgan fingerprint density at radius 2 is 2.09 bits per heavy atom. The second-order valence-corrected chi connectivity index (χ2v) is 2.67. The highest BCUT2D eigenvalue weighted by atomic mass is 16.3. The maximum Gasteiger partial charge on any atom is 0.298 e. The largest absolute Gasteiger partial charge is 0.393 e. The summed E-state index contributed by atoms with van der Waals surface area (Å²) < 4.78 is 0. The lowest BCUT2D eigenvalue weighted by molar-refractivity contribution is -0.126. The first-order chi connectivity index (χ1) is 5.24. The molecular weight excluding hydrogens is 142 g/mol. The molecule has 0 atom stereocenters. The van der Waals surface area contributed by atoms with Crippen molar-refractivity contribution < 1.29 is 9.90 Å². The van der Waals surface area contributed by atoms with Gasteiger partial charge in [0.2, 0.25) is 0 Å². The van der Waals surface area contributed by atoms with E-state index in [9.17, 15) is 4.79 Å². The first kappa shape index (κ1) is 8.09. The SMILES string of the molecule is C#CC(=O)N1CCC(O)CC1. The van der Waals surface area contributed by atoms with E-state index in [-0.39, 0.29) is 12.0 Å². The number of rotatable bonds is 0. The maximum atomic E-state index is 10.9. The predicted molar refractivity (Wildman–Crippen MR) is 40.7 cm³/mol. The molecule has 0 bridgehead atoms. The van der Waals surface area contributed by atoms with Crippen LogP contribution in [0.4, 0.5) is 0 Å². The van der Waals surface area contributed by atoms with Crippen LogP contribution in [0.5, 0.6) is 0 Å². The third-order valence-corrected chi connectivity index (χ3v) is 1.88. The second-order valence-electron chi connectivity index (χ2n) is 2.67. The van der Waals surface area contributed by atoms with Crippen LogP contribution in [0, 0.1) is 12.3 Å². The van der Waals surface area contributed by atoms with E-state index >= 15 is 0 Å². The monoisotopic (exact) mass is 153 g/mol. The summed E-state index contributed by atoms with van der Waals surface area (Å²) in [6.07, 6.45) is 5.97. The van der Waals surface area contributed by atoms with Crippen LogP contribution in [-0.4, -0.2) is 35.1 Å². The normalized spacial score (nSPS) is 19.5. The number of aliphatic hydroxyl groups excluding tert-OH is 1. The molecule has 1 saturated heterocycles. The summed E-state index contributed by atoms with van der Waals surface area (Å²) in [5, 5.41) is 9.09. The molecule has 1 heterocycles. The number of hydrogen-bond donors (Lipinski definition) is 1. The van der Waals surface area contributed by atoms with E-state index in [0.717, 1.165) is 0 Å². The number of likely N-dealkylation sites (tertiary alicyclic amines) is 1. The van der Waals surface area contributed by atoms with E-state index in [1.165, 1.54) is 0 Å². The summed E-state index contributed by atoms with van der Waals surface area (Å²) in [4.78, 5) is 12.5. The molecule has 0 radical (unpaired) electrons. The molecule has 0 aromatic carbocycles. The van der Waals surface area contributed by atoms with Crippen molar-refractivity contribution in [3.05, 3.63) is 0 Å². The van der Waals surface area contributed by atoms with E-state index in [1.54, 1.807) is 4.90 Å². The average molecular weight is 153 g/mol. The Morgan fingerprint density at radius 1 is 1.55 bits per heavy atom. The molecule has 0 aromatic heterocycles. The van der Waals surface area contributed by atoms with Crippen molar-refractivity contribution >= 4 is 5.91 Å². The summed E-state index contributed by atoms with van der Waals surface area (Å²) in [7, 11) is 0. The van der Waals surface area contributed by atoms with Crippen LogP contribution in [0.1, 0.15) is 12.8 Å². The Hall–Kier alpha value is -1.01. The number of terminal acetylenes is 1. The molecule has 0 aliphatic carbocycles. The zero-order valence-electron chi connectivity index (χ0n) is 6.29. The molecule has 1 aliphatic heterocycles. The third-order valence-electron chi connectivity index (χ3n) is 1.88. The Balaban J connectivity index is 2.40. The van der Waals surface area contributed by atoms with Crippen molar-refractivity contribution in [2.75, 3.05) is 13.1 Å². The van der Waals surface area contributed by atoms with Gasteiger partial charge in [0.25, 0.3) is 5.91 Å². The molecule has 1 rings (SSSR count). The fourth-order valence-electron chi connectivity index (χ4n) is 1.16. The first-order valence-corrected chi connectivity index (χ1v) is 3.67. The lowest BCUT2D eigenvalue weighted by Crippen LogP contribution is -2.39. The van der Waals surface area contributed by atoms with Gasteiger partial charge in [-0.2, -0.15) is 0 Å². The number of carbonyl (C=O) groups is 1. The summed E-state index contributed by atoms with van der Waals surface area (Å²) >= 11 is 0. The van der Waals surface area contributed by atoms with Gasteiger partial charge in [-0.15, -0.1) is 6.42 Å². The van der Waals surface area contributed by atoms with E-state index in [1.807, 2.05) is 0 Å². The van der Waals surface area contributed by atoms with Crippen molar-refractivity contribution in [1.82, 2.24) is 4.90 Å². The molecule has 0 spiro atoms. The van der Waals surface area contributed by atoms with Gasteiger partial charge < -0.3 is 10.0 Å². The quantitative estimate of drug-likeness (QED) is 0.481. The standard InChI is InChI=1S/C8H11NO2/c1-2-8(11)9-5-3-7(10)4-6-9/h1,7,10H,3-6H2. The number of carbonyl (C=O) groups excluding carboxylic acids is 1. The fraction of sp³-hybridized carbons (Fsp3) is 0.625. The lowest BCUT2D eigenvalue weighted by Gasteiger charge is -2.27. The van der Waals surface area contributed by atoms with Crippen LogP contribution >= 0.6 is 0 Å². The second kappa shape index (κ2) is 3.40. The van der Waals surface area contributed by atoms with Crippen LogP contribution in [-0.2, 0) is 4.79 Å². The van der Waals surface area contributed by atoms with Crippen LogP contribution in [0.15, 0.2) is 0 Å². The first-order valence-electron chi connectivity index (χ1n) is 3.67. The molecule has 3 heteroatoms. The van der Waals surface area contributed by atoms with Gasteiger partial charge in [0.15, 0.2) is 0 Å². The van der Waals surface area contributed by atoms with E-state index in [0.29, 0.717) is 25.9 Å². The molecule has 11 heavy (non-hydrogen) atoms. The number of amides is 1. The smallest absolute Gasteiger partial charge is 0.298 e. The van der Waals surface area contributed by atoms with Crippen molar-refractivity contribution in [1.29, 1.82) is 0 Å². The molecule has 0 unspecified atom stereocenters. The molecule has 0 aromatic rings. The minimum atomic E-state index is -0.267. The van der Waals surface area contributed by atoms with E-state index < -0.39 is 0 Å². The Bertz CT molecular complexity index is 187. The van der Waals surface area contributed by atoms with E-state index in [2.05, 4.69) is 5.92 Å². The molecule has 60 valence electrons. The van der Waals surface area contributed by atoms with Gasteiger partial charge in [0.1, 0.15) is 0 Å². The third kappa shape index (κ3) is 1.95. The van der Waals surface area contributed by atoms with Gasteiger partial charge in [-0.1, -0.05) is 0 Å². The zero-order valence-corrected chi connectivity index (χ0v) is 6.29. The minimum Gasteiger partial charge on any atom is -0.393 e. The van der Waals surface area contributed by atoms with Crippen LogP contribution in [0.25, 0.3) is 0 Å². The lowest BCUT2D eigenvalue weighted by atomic mass is 10.1. The zero-order chi connectivity index (χ0) is 8.27. The predicted octanol–water partition coefficient (Wildman–Crippen LogP) is -0.397. The van der Waals surface area contributed by atoms with Crippen molar-refractivity contribution in [2.24, 2.45) is 0 Å². The van der Waals surface area contributed by atoms with Crippen molar-refractivity contribution in [3.63, 3.8) is 0 Å². The van der Waals surface area contributed by atoms with Crippen molar-refractivity contribution in [3.8, 4) is 12.3 Å². The van der Waals surface area contributed by atoms with Crippen molar-refractivity contribution in [2.45, 2.75) is 18.9 Å². The summed E-state index contributed by atoms with van der Waals surface area (Å²) in [6, 6.07) is 0. The highest BCUT2D eigenvalue weighted by Crippen LogP contribution is 2.09. The molecule has 1 amide bonds. The molecule has 0 saturated carbocycles. The molecule has 1 N–H and O–H groups in total. The van der Waals surface area contributed by atoms with Crippen LogP contribution in [0.3, 0.4) is 0 Å². The Kier molecular flexibility index (Phi) is 2.50. The van der Waals surface area contributed by atoms with E-state index in [4.69, 9.17) is 11.5 Å². The van der Waals surface area contributed by atoms with Gasteiger partial charge in [-0.3, -0.25) is 4.79 Å². The summed E-state index contributed by atoms with van der Waals surface area (Å²) in [6.45, 7) is 1.18. The summed E-state index contributed by atoms with van der Waals surface area (Å²) in [5.74, 6) is 1.79. The number of hydrogen-bond acceptors (Lipinski definition) is 2. The highest BCUT2D eigenvalue weighted by molar-refractivity contribution is 5.92. The highest BCUT2D eigenvalue weighted by Gasteiger charge is 2.19. The summed E-state index contributed by atoms with van der Waals surface area (Å²) in [5.41, 5.74) is 0. The fourth-order valence-corrected chi connectivity index (χ4v) is 1.16. The van der Waals surface area contributed by atoms with Crippen LogP contribution in [0.2, 0.25) is 0 Å². The number of nitrogens with zero attached hydrogens (tertiary/aromatic N) is 1. The number of piperidine rings is 1. The van der Waals surface area contributed by atoms with Crippen LogP contribution < -0.4 is 0 Å². The average Bonchev–Trinajstić information content (AvgIpc) is 2.05. The van der Waals surface area contributed by atoms with Gasteiger partial charge in [-0.05, 0) is 18.8 Å².